The second-order valence-electron chi connectivity index (χ2n) is 4.80. The Balaban J connectivity index is 2.24. The first-order valence-corrected chi connectivity index (χ1v) is 7.05. The molecule has 0 amide bonds. The zero-order valence-electron chi connectivity index (χ0n) is 12.4. The van der Waals surface area contributed by atoms with E-state index in [2.05, 4.69) is 10.1 Å². The van der Waals surface area contributed by atoms with Gasteiger partial charge in [0, 0.05) is 18.0 Å². The van der Waals surface area contributed by atoms with Gasteiger partial charge in [0.2, 0.25) is 0 Å². The lowest BCUT2D eigenvalue weighted by atomic mass is 10.0. The van der Waals surface area contributed by atoms with Crippen LogP contribution in [-0.4, -0.2) is 32.3 Å². The molecule has 0 saturated heterocycles. The molecule has 0 radical (unpaired) electrons. The highest BCUT2D eigenvalue weighted by Crippen LogP contribution is 2.28. The molecule has 6 nitrogen and oxygen atoms in total. The molecule has 0 saturated carbocycles. The third-order valence-corrected chi connectivity index (χ3v) is 3.35. The molecule has 3 rings (SSSR count). The molecule has 0 atom stereocenters. The van der Waals surface area contributed by atoms with Crippen LogP contribution < -0.4 is 0 Å². The summed E-state index contributed by atoms with van der Waals surface area (Å²) in [5.41, 5.74) is 1.15. The Kier molecular flexibility index (Phi) is 4.03. The van der Waals surface area contributed by atoms with Gasteiger partial charge in [-0.2, -0.15) is 5.10 Å². The average molecular weight is 315 g/mol. The van der Waals surface area contributed by atoms with Crippen molar-refractivity contribution in [1.29, 1.82) is 0 Å². The van der Waals surface area contributed by atoms with Crippen LogP contribution in [0, 0.1) is 5.82 Å². The van der Waals surface area contributed by atoms with Crippen LogP contribution in [0.25, 0.3) is 16.9 Å². The Labute approximate surface area is 131 Å². The molecule has 0 aliphatic heterocycles. The van der Waals surface area contributed by atoms with E-state index in [4.69, 9.17) is 9.84 Å². The standard InChI is InChI=1S/C16H14FN3O3/c1-2-23-16(22)13-14(19-20-7-3-6-18-15(13)20)11-5-4-10(9-21)8-12(11)17/h3-8,21H,2,9H2,1H3. The smallest absolute Gasteiger partial charge is 0.344 e. The summed E-state index contributed by atoms with van der Waals surface area (Å²) in [5.74, 6) is -1.19. The van der Waals surface area contributed by atoms with Gasteiger partial charge in [0.1, 0.15) is 17.1 Å². The minimum atomic E-state index is -0.609. The van der Waals surface area contributed by atoms with Crippen LogP contribution >= 0.6 is 0 Å². The highest BCUT2D eigenvalue weighted by molar-refractivity contribution is 6.02. The average Bonchev–Trinajstić information content (AvgIpc) is 2.94. The van der Waals surface area contributed by atoms with Gasteiger partial charge in [-0.05, 0) is 30.7 Å². The number of hydrogen-bond donors (Lipinski definition) is 1. The monoisotopic (exact) mass is 315 g/mol. The fourth-order valence-electron chi connectivity index (χ4n) is 2.32. The number of nitrogens with zero attached hydrogens (tertiary/aromatic N) is 3. The van der Waals surface area contributed by atoms with E-state index in [0.717, 1.165) is 0 Å². The number of halogens is 1. The van der Waals surface area contributed by atoms with Crippen LogP contribution in [0.5, 0.6) is 0 Å². The van der Waals surface area contributed by atoms with Crippen molar-refractivity contribution in [1.82, 2.24) is 14.6 Å². The third kappa shape index (κ3) is 2.66. The lowest BCUT2D eigenvalue weighted by Gasteiger charge is -2.05. The first kappa shape index (κ1) is 15.1. The van der Waals surface area contributed by atoms with E-state index in [-0.39, 0.29) is 30.0 Å². The highest BCUT2D eigenvalue weighted by atomic mass is 19.1. The number of rotatable bonds is 4. The predicted octanol–water partition coefficient (Wildman–Crippen LogP) is 2.20. The second-order valence-corrected chi connectivity index (χ2v) is 4.80. The summed E-state index contributed by atoms with van der Waals surface area (Å²) in [6, 6.07) is 5.92. The van der Waals surface area contributed by atoms with Crippen molar-refractivity contribution >= 4 is 11.6 Å². The fraction of sp³-hybridized carbons (Fsp3) is 0.188. The number of esters is 1. The molecule has 0 bridgehead atoms. The molecule has 23 heavy (non-hydrogen) atoms. The van der Waals surface area contributed by atoms with E-state index in [1.807, 2.05) is 0 Å². The Morgan fingerprint density at radius 1 is 1.43 bits per heavy atom. The molecule has 2 heterocycles. The van der Waals surface area contributed by atoms with Crippen molar-refractivity contribution in [2.45, 2.75) is 13.5 Å². The zero-order valence-corrected chi connectivity index (χ0v) is 12.4. The minimum absolute atomic E-state index is 0.114. The number of aliphatic hydroxyl groups is 1. The Hall–Kier alpha value is -2.80. The molecule has 1 N–H and O–H groups in total. The molecule has 0 fully saturated rings. The maximum atomic E-state index is 14.3. The quantitative estimate of drug-likeness (QED) is 0.747. The van der Waals surface area contributed by atoms with Crippen molar-refractivity contribution in [3.8, 4) is 11.3 Å². The number of benzene rings is 1. The van der Waals surface area contributed by atoms with Gasteiger partial charge >= 0.3 is 5.97 Å². The number of aromatic nitrogens is 3. The van der Waals surface area contributed by atoms with Crippen LogP contribution in [0.1, 0.15) is 22.8 Å². The SMILES string of the molecule is CCOC(=O)c1c(-c2ccc(CO)cc2F)nn2cccnc12. The molecule has 3 aromatic rings. The number of hydrogen-bond acceptors (Lipinski definition) is 5. The lowest BCUT2D eigenvalue weighted by Crippen LogP contribution is -2.06. The van der Waals surface area contributed by atoms with Gasteiger partial charge in [0.25, 0.3) is 0 Å². The van der Waals surface area contributed by atoms with Crippen molar-refractivity contribution < 1.29 is 19.0 Å². The summed E-state index contributed by atoms with van der Waals surface area (Å²) in [6.45, 7) is 1.61. The predicted molar refractivity (Wildman–Crippen MR) is 80.3 cm³/mol. The number of ether oxygens (including phenoxy) is 1. The van der Waals surface area contributed by atoms with Crippen LogP contribution in [0.4, 0.5) is 4.39 Å². The topological polar surface area (TPSA) is 76.7 Å². The molecule has 0 unspecified atom stereocenters. The molecule has 0 aliphatic rings. The van der Waals surface area contributed by atoms with Gasteiger partial charge in [-0.1, -0.05) is 6.07 Å². The van der Waals surface area contributed by atoms with Gasteiger partial charge in [0.15, 0.2) is 5.65 Å². The fourth-order valence-corrected chi connectivity index (χ4v) is 2.32. The Morgan fingerprint density at radius 3 is 2.96 bits per heavy atom. The minimum Gasteiger partial charge on any atom is -0.462 e. The Morgan fingerprint density at radius 2 is 2.26 bits per heavy atom. The van der Waals surface area contributed by atoms with E-state index in [1.165, 1.54) is 22.8 Å². The summed E-state index contributed by atoms with van der Waals surface area (Å²) < 4.78 is 20.8. The first-order valence-electron chi connectivity index (χ1n) is 7.05. The number of carbonyl (C=O) groups excluding carboxylic acids is 1. The highest BCUT2D eigenvalue weighted by Gasteiger charge is 2.24. The van der Waals surface area contributed by atoms with Crippen LogP contribution in [0.15, 0.2) is 36.7 Å². The van der Waals surface area contributed by atoms with Crippen molar-refractivity contribution in [3.05, 3.63) is 53.6 Å². The van der Waals surface area contributed by atoms with Crippen molar-refractivity contribution in [2.75, 3.05) is 6.61 Å². The Bertz CT molecular complexity index is 876. The van der Waals surface area contributed by atoms with Crippen molar-refractivity contribution in [2.24, 2.45) is 0 Å². The van der Waals surface area contributed by atoms with Crippen LogP contribution in [-0.2, 0) is 11.3 Å². The van der Waals surface area contributed by atoms with Gasteiger partial charge in [0.05, 0.1) is 13.2 Å². The molecule has 0 aliphatic carbocycles. The number of carbonyl (C=O) groups is 1. The van der Waals surface area contributed by atoms with Gasteiger partial charge in [-0.15, -0.1) is 0 Å². The van der Waals surface area contributed by atoms with Crippen molar-refractivity contribution in [3.63, 3.8) is 0 Å². The van der Waals surface area contributed by atoms with E-state index >= 15 is 0 Å². The summed E-state index contributed by atoms with van der Waals surface area (Å²) in [5, 5.41) is 13.3. The zero-order chi connectivity index (χ0) is 16.4. The van der Waals surface area contributed by atoms with Crippen LogP contribution in [0.3, 0.4) is 0 Å². The van der Waals surface area contributed by atoms with E-state index in [1.54, 1.807) is 25.3 Å². The number of aliphatic hydroxyl groups excluding tert-OH is 1. The molecule has 2 aromatic heterocycles. The molecule has 7 heteroatoms. The molecule has 1 aromatic carbocycles. The van der Waals surface area contributed by atoms with Gasteiger partial charge in [-0.3, -0.25) is 0 Å². The number of fused-ring (bicyclic) bond motifs is 1. The normalized spacial score (nSPS) is 10.9. The largest absolute Gasteiger partial charge is 0.462 e. The van der Waals surface area contributed by atoms with E-state index < -0.39 is 11.8 Å². The van der Waals surface area contributed by atoms with Crippen LogP contribution in [0.2, 0.25) is 0 Å². The lowest BCUT2D eigenvalue weighted by molar-refractivity contribution is 0.0529. The van der Waals surface area contributed by atoms with Gasteiger partial charge < -0.3 is 9.84 Å². The third-order valence-electron chi connectivity index (χ3n) is 3.35. The molecular formula is C16H14FN3O3. The van der Waals surface area contributed by atoms with Gasteiger partial charge in [-0.25, -0.2) is 18.7 Å². The molecule has 0 spiro atoms. The summed E-state index contributed by atoms with van der Waals surface area (Å²) >= 11 is 0. The van der Waals surface area contributed by atoms with E-state index in [9.17, 15) is 9.18 Å². The summed E-state index contributed by atoms with van der Waals surface area (Å²) in [6.07, 6.45) is 3.14. The molecular weight excluding hydrogens is 301 g/mol. The summed E-state index contributed by atoms with van der Waals surface area (Å²) in [4.78, 5) is 16.4. The van der Waals surface area contributed by atoms with E-state index in [0.29, 0.717) is 11.2 Å². The maximum absolute atomic E-state index is 14.3. The second kappa shape index (κ2) is 6.13. The molecule has 118 valence electrons. The first-order chi connectivity index (χ1) is 11.2. The summed E-state index contributed by atoms with van der Waals surface area (Å²) in [7, 11) is 0. The maximum Gasteiger partial charge on any atom is 0.344 e.